The molecule has 160 valence electrons. The van der Waals surface area contributed by atoms with Crippen LogP contribution in [-0.4, -0.2) is 28.6 Å². The Labute approximate surface area is 158 Å². The van der Waals surface area contributed by atoms with Gasteiger partial charge in [-0.3, -0.25) is 0 Å². The maximum Gasteiger partial charge on any atom is 0.460 e. The Morgan fingerprint density at radius 3 is 1.57 bits per heavy atom. The molecule has 0 bridgehead atoms. The second kappa shape index (κ2) is 6.90. The lowest BCUT2D eigenvalue weighted by molar-refractivity contribution is -0.346. The van der Waals surface area contributed by atoms with Crippen molar-refractivity contribution in [2.75, 3.05) is 11.5 Å². The van der Waals surface area contributed by atoms with Crippen LogP contribution in [0.2, 0.25) is 0 Å². The van der Waals surface area contributed by atoms with Crippen molar-refractivity contribution in [1.29, 1.82) is 0 Å². The molecular formula is C12H6Cl2F10N2O2. The maximum absolute atomic E-state index is 13.8. The lowest BCUT2D eigenvalue weighted by Crippen LogP contribution is -2.57. The molecule has 1 aromatic carbocycles. The van der Waals surface area contributed by atoms with Gasteiger partial charge in [0.1, 0.15) is 5.75 Å². The van der Waals surface area contributed by atoms with Gasteiger partial charge in [-0.1, -0.05) is 23.2 Å². The van der Waals surface area contributed by atoms with E-state index in [1.807, 2.05) is 0 Å². The van der Waals surface area contributed by atoms with E-state index in [0.29, 0.717) is 0 Å². The quantitative estimate of drug-likeness (QED) is 0.213. The van der Waals surface area contributed by atoms with E-state index in [2.05, 4.69) is 27.9 Å². The molecule has 0 fully saturated rings. The molecule has 0 saturated carbocycles. The van der Waals surface area contributed by atoms with Gasteiger partial charge >= 0.3 is 34.5 Å². The zero-order valence-electron chi connectivity index (χ0n) is 12.7. The van der Waals surface area contributed by atoms with Gasteiger partial charge in [-0.15, -0.1) is 0 Å². The standard InChI is InChI=1S/C12H6Cl2F10N2O2/c13-11(14,21)8(15,16)6-4(25)1-3(2-5(6)26)28-7(27)9(17,18)10(19,20)12(22,23)24/h1-2H,25-26H2. The zero-order valence-corrected chi connectivity index (χ0v) is 14.2. The Bertz CT molecular complexity index is 754. The van der Waals surface area contributed by atoms with Crippen molar-refractivity contribution in [3.8, 4) is 5.75 Å². The molecule has 0 aliphatic rings. The first-order chi connectivity index (χ1) is 12.2. The summed E-state index contributed by atoms with van der Waals surface area (Å²) in [7, 11) is 0. The molecule has 1 aromatic rings. The molecule has 0 saturated heterocycles. The van der Waals surface area contributed by atoms with Crippen molar-refractivity contribution in [3.63, 3.8) is 0 Å². The number of hydrogen-bond donors (Lipinski definition) is 2. The summed E-state index contributed by atoms with van der Waals surface area (Å²) in [6.07, 6.45) is -6.83. The molecule has 16 heteroatoms. The van der Waals surface area contributed by atoms with Crippen LogP contribution in [-0.2, 0) is 10.7 Å². The van der Waals surface area contributed by atoms with E-state index in [0.717, 1.165) is 0 Å². The maximum atomic E-state index is 13.8. The number of rotatable bonds is 5. The first-order valence-corrected chi connectivity index (χ1v) is 7.12. The zero-order chi connectivity index (χ0) is 22.5. The molecule has 0 radical (unpaired) electrons. The van der Waals surface area contributed by atoms with Crippen molar-refractivity contribution < 1.29 is 53.4 Å². The molecular weight excluding hydrogens is 465 g/mol. The average Bonchev–Trinajstić information content (AvgIpc) is 2.43. The van der Waals surface area contributed by atoms with Gasteiger partial charge in [0.25, 0.3) is 0 Å². The molecule has 0 aliphatic heterocycles. The Morgan fingerprint density at radius 2 is 1.25 bits per heavy atom. The van der Waals surface area contributed by atoms with Gasteiger partial charge < -0.3 is 16.2 Å². The molecule has 28 heavy (non-hydrogen) atoms. The van der Waals surface area contributed by atoms with Gasteiger partial charge in [-0.05, 0) is 0 Å². The highest BCUT2D eigenvalue weighted by Crippen LogP contribution is 2.52. The topological polar surface area (TPSA) is 78.3 Å². The van der Waals surface area contributed by atoms with Crippen LogP contribution in [0.3, 0.4) is 0 Å². The molecule has 0 amide bonds. The summed E-state index contributed by atoms with van der Waals surface area (Å²) in [6, 6.07) is 0.192. The van der Waals surface area contributed by atoms with Gasteiger partial charge in [-0.2, -0.15) is 39.5 Å². The van der Waals surface area contributed by atoms with Crippen LogP contribution < -0.4 is 16.2 Å². The van der Waals surface area contributed by atoms with Crippen LogP contribution in [0.1, 0.15) is 5.56 Å². The molecule has 0 spiro atoms. The number of carbonyl (C=O) groups excluding carboxylic acids is 1. The number of nitrogen functional groups attached to an aromatic ring is 2. The molecule has 0 heterocycles. The Hall–Kier alpha value is -1.83. The summed E-state index contributed by atoms with van der Waals surface area (Å²) in [4.78, 5) is 11.1. The fourth-order valence-electron chi connectivity index (χ4n) is 1.70. The number of nitrogens with two attached hydrogens (primary N) is 2. The van der Waals surface area contributed by atoms with E-state index < -0.39 is 57.2 Å². The first kappa shape index (κ1) is 24.2. The first-order valence-electron chi connectivity index (χ1n) is 6.36. The molecule has 0 unspecified atom stereocenters. The van der Waals surface area contributed by atoms with Crippen molar-refractivity contribution in [1.82, 2.24) is 0 Å². The molecule has 4 N–H and O–H groups in total. The minimum atomic E-state index is -6.83. The molecule has 0 atom stereocenters. The minimum absolute atomic E-state index is 0.0961. The summed E-state index contributed by atoms with van der Waals surface area (Å²) >= 11 is 9.29. The third-order valence-electron chi connectivity index (χ3n) is 3.06. The highest BCUT2D eigenvalue weighted by Gasteiger charge is 2.77. The average molecular weight is 471 g/mol. The monoisotopic (exact) mass is 470 g/mol. The van der Waals surface area contributed by atoms with Crippen LogP contribution >= 0.6 is 23.2 Å². The fraction of sp³-hybridized carbons (Fsp3) is 0.417. The van der Waals surface area contributed by atoms with E-state index in [4.69, 9.17) is 11.5 Å². The molecule has 4 nitrogen and oxygen atoms in total. The van der Waals surface area contributed by atoms with Gasteiger partial charge in [0.05, 0.1) is 5.56 Å². The summed E-state index contributed by atoms with van der Waals surface area (Å²) in [5.74, 6) is -22.8. The lowest BCUT2D eigenvalue weighted by atomic mass is 10.0. The van der Waals surface area contributed by atoms with Crippen LogP contribution in [0.4, 0.5) is 55.3 Å². The van der Waals surface area contributed by atoms with E-state index in [9.17, 15) is 48.7 Å². The van der Waals surface area contributed by atoms with Gasteiger partial charge in [0.15, 0.2) is 0 Å². The van der Waals surface area contributed by atoms with Gasteiger partial charge in [-0.25, -0.2) is 9.18 Å². The Kier molecular flexibility index (Phi) is 5.96. The SMILES string of the molecule is Nc1cc(OC(=O)C(F)(F)C(F)(F)C(F)(F)F)cc(N)c1C(F)(F)C(F)(Cl)Cl. The predicted octanol–water partition coefficient (Wildman–Crippen LogP) is 4.78. The summed E-state index contributed by atoms with van der Waals surface area (Å²) in [5, 5.41) is 0. The van der Waals surface area contributed by atoms with Gasteiger partial charge in [0.2, 0.25) is 0 Å². The van der Waals surface area contributed by atoms with Crippen LogP contribution in [0.25, 0.3) is 0 Å². The van der Waals surface area contributed by atoms with Crippen molar-refractivity contribution in [2.24, 2.45) is 0 Å². The number of ether oxygens (including phenoxy) is 1. The highest BCUT2D eigenvalue weighted by molar-refractivity contribution is 6.47. The van der Waals surface area contributed by atoms with Crippen LogP contribution in [0.5, 0.6) is 5.75 Å². The van der Waals surface area contributed by atoms with E-state index >= 15 is 0 Å². The number of alkyl halides is 12. The highest BCUT2D eigenvalue weighted by atomic mass is 35.5. The number of hydrogen-bond acceptors (Lipinski definition) is 4. The second-order valence-corrected chi connectivity index (χ2v) is 6.32. The van der Waals surface area contributed by atoms with Crippen LogP contribution in [0.15, 0.2) is 12.1 Å². The van der Waals surface area contributed by atoms with E-state index in [1.54, 1.807) is 0 Å². The van der Waals surface area contributed by atoms with Crippen molar-refractivity contribution >= 4 is 40.5 Å². The van der Waals surface area contributed by atoms with Crippen molar-refractivity contribution in [2.45, 2.75) is 28.5 Å². The Morgan fingerprint density at radius 1 is 0.857 bits per heavy atom. The molecule has 0 aliphatic carbocycles. The fourth-order valence-corrected chi connectivity index (χ4v) is 1.89. The number of anilines is 2. The third kappa shape index (κ3) is 3.97. The van der Waals surface area contributed by atoms with Gasteiger partial charge in [0, 0.05) is 23.5 Å². The molecule has 0 aromatic heterocycles. The van der Waals surface area contributed by atoms with Crippen LogP contribution in [0, 0.1) is 0 Å². The lowest BCUT2D eigenvalue weighted by Gasteiger charge is -2.27. The number of carbonyl (C=O) groups is 1. The summed E-state index contributed by atoms with van der Waals surface area (Å²) < 4.78 is 128. The predicted molar refractivity (Wildman–Crippen MR) is 76.3 cm³/mol. The van der Waals surface area contributed by atoms with E-state index in [-0.39, 0.29) is 12.1 Å². The van der Waals surface area contributed by atoms with E-state index in [1.165, 1.54) is 0 Å². The summed E-state index contributed by atoms with van der Waals surface area (Å²) in [6.45, 7) is 0. The normalized spacial score (nSPS) is 14.1. The summed E-state index contributed by atoms with van der Waals surface area (Å²) in [5.41, 5.74) is 6.07. The van der Waals surface area contributed by atoms with Crippen molar-refractivity contribution in [3.05, 3.63) is 17.7 Å². The number of esters is 1. The second-order valence-electron chi connectivity index (χ2n) is 5.08. The molecule has 1 rings (SSSR count). The smallest absolute Gasteiger partial charge is 0.422 e. The number of halogens is 12. The number of benzene rings is 1. The largest absolute Gasteiger partial charge is 0.460 e. The third-order valence-corrected chi connectivity index (χ3v) is 3.53. The minimum Gasteiger partial charge on any atom is -0.422 e. The Balaban J connectivity index is 3.31.